The van der Waals surface area contributed by atoms with E-state index in [1.807, 2.05) is 12.1 Å². The third-order valence-electron chi connectivity index (χ3n) is 9.09. The van der Waals surface area contributed by atoms with Crippen molar-refractivity contribution in [2.75, 3.05) is 0 Å². The summed E-state index contributed by atoms with van der Waals surface area (Å²) in [5.41, 5.74) is 3.79. The van der Waals surface area contributed by atoms with Crippen LogP contribution < -0.4 is 5.32 Å². The summed E-state index contributed by atoms with van der Waals surface area (Å²) in [7, 11) is 2.12. The molecule has 3 unspecified atom stereocenters. The number of fused-ring (bicyclic) bond motifs is 1. The number of nitrogens with zero attached hydrogens (tertiary/aromatic N) is 3. The van der Waals surface area contributed by atoms with Gasteiger partial charge in [-0.3, -0.25) is 19.7 Å². The van der Waals surface area contributed by atoms with E-state index in [4.69, 9.17) is 4.98 Å². The highest BCUT2D eigenvalue weighted by molar-refractivity contribution is 6.05. The number of amides is 3. The third kappa shape index (κ3) is 2.74. The monoisotopic (exact) mass is 444 g/mol. The fourth-order valence-corrected chi connectivity index (χ4v) is 7.92. The van der Waals surface area contributed by atoms with E-state index in [2.05, 4.69) is 29.2 Å². The Morgan fingerprint density at radius 2 is 1.88 bits per heavy atom. The van der Waals surface area contributed by atoms with Crippen molar-refractivity contribution < 1.29 is 14.4 Å². The zero-order valence-electron chi connectivity index (χ0n) is 18.8. The summed E-state index contributed by atoms with van der Waals surface area (Å²) in [6.07, 6.45) is 9.49. The van der Waals surface area contributed by atoms with E-state index in [0.29, 0.717) is 18.5 Å². The molecule has 4 saturated carbocycles. The van der Waals surface area contributed by atoms with Gasteiger partial charge in [0.25, 0.3) is 5.91 Å². The molecule has 3 heterocycles. The number of benzene rings is 1. The molecule has 2 aliphatic heterocycles. The van der Waals surface area contributed by atoms with Gasteiger partial charge in [-0.1, -0.05) is 6.07 Å². The molecule has 7 nitrogen and oxygen atoms in total. The molecule has 1 saturated heterocycles. The van der Waals surface area contributed by atoms with E-state index in [-0.39, 0.29) is 29.6 Å². The summed E-state index contributed by atoms with van der Waals surface area (Å²) >= 11 is 0. The molecular formula is C26H28N4O3. The van der Waals surface area contributed by atoms with E-state index < -0.39 is 6.04 Å². The van der Waals surface area contributed by atoms with Gasteiger partial charge in [-0.25, -0.2) is 4.98 Å². The highest BCUT2D eigenvalue weighted by atomic mass is 16.2. The highest BCUT2D eigenvalue weighted by Crippen LogP contribution is 2.64. The molecule has 4 aliphatic carbocycles. The van der Waals surface area contributed by atoms with E-state index in [9.17, 15) is 14.4 Å². The van der Waals surface area contributed by atoms with Crippen LogP contribution in [0.1, 0.15) is 66.7 Å². The van der Waals surface area contributed by atoms with Crippen LogP contribution in [-0.2, 0) is 28.6 Å². The molecule has 33 heavy (non-hydrogen) atoms. The second kappa shape index (κ2) is 6.55. The maximum atomic E-state index is 13.0. The van der Waals surface area contributed by atoms with Crippen LogP contribution in [0.25, 0.3) is 11.3 Å². The van der Waals surface area contributed by atoms with Crippen LogP contribution in [0.5, 0.6) is 0 Å². The first-order valence-corrected chi connectivity index (χ1v) is 12.2. The van der Waals surface area contributed by atoms with Crippen molar-refractivity contribution >= 4 is 17.7 Å². The van der Waals surface area contributed by atoms with Crippen molar-refractivity contribution in [1.29, 1.82) is 0 Å². The minimum atomic E-state index is -0.584. The van der Waals surface area contributed by atoms with Crippen LogP contribution in [-0.4, -0.2) is 38.2 Å². The van der Waals surface area contributed by atoms with Crippen molar-refractivity contribution in [1.82, 2.24) is 19.8 Å². The van der Waals surface area contributed by atoms with Gasteiger partial charge in [-0.2, -0.15) is 0 Å². The lowest BCUT2D eigenvalue weighted by atomic mass is 9.69. The third-order valence-corrected chi connectivity index (χ3v) is 9.09. The van der Waals surface area contributed by atoms with Gasteiger partial charge in [0.2, 0.25) is 11.8 Å². The average molecular weight is 445 g/mol. The Morgan fingerprint density at radius 3 is 2.61 bits per heavy atom. The predicted molar refractivity (Wildman–Crippen MR) is 120 cm³/mol. The Balaban J connectivity index is 1.18. The molecule has 1 aromatic heterocycles. The lowest BCUT2D eigenvalue weighted by Crippen LogP contribution is -2.52. The van der Waals surface area contributed by atoms with Gasteiger partial charge in [0.15, 0.2) is 0 Å². The van der Waals surface area contributed by atoms with E-state index in [1.54, 1.807) is 4.90 Å². The fourth-order valence-electron chi connectivity index (χ4n) is 7.92. The van der Waals surface area contributed by atoms with Gasteiger partial charge in [0.05, 0.1) is 5.69 Å². The van der Waals surface area contributed by atoms with E-state index in [1.165, 1.54) is 37.9 Å². The van der Waals surface area contributed by atoms with Crippen molar-refractivity contribution in [3.8, 4) is 11.3 Å². The molecule has 4 bridgehead atoms. The zero-order valence-corrected chi connectivity index (χ0v) is 18.8. The summed E-state index contributed by atoms with van der Waals surface area (Å²) in [5, 5.41) is 2.36. The molecule has 0 spiro atoms. The van der Waals surface area contributed by atoms with E-state index >= 15 is 0 Å². The van der Waals surface area contributed by atoms with Crippen molar-refractivity contribution in [2.24, 2.45) is 24.8 Å². The first-order chi connectivity index (χ1) is 15.9. The summed E-state index contributed by atoms with van der Waals surface area (Å²) in [5.74, 6) is 3.13. The second-order valence-corrected chi connectivity index (χ2v) is 11.1. The van der Waals surface area contributed by atoms with Crippen LogP contribution in [0.3, 0.4) is 0 Å². The largest absolute Gasteiger partial charge is 0.337 e. The average Bonchev–Trinajstić information content (AvgIpc) is 3.47. The number of rotatable bonds is 3. The summed E-state index contributed by atoms with van der Waals surface area (Å²) in [4.78, 5) is 43.6. The molecule has 3 atom stereocenters. The molecule has 5 fully saturated rings. The number of hydrogen-bond donors (Lipinski definition) is 1. The normalized spacial score (nSPS) is 34.3. The number of carbonyl (C=O) groups excluding carboxylic acids is 3. The van der Waals surface area contributed by atoms with Gasteiger partial charge in [0.1, 0.15) is 11.9 Å². The predicted octanol–water partition coefficient (Wildman–Crippen LogP) is 2.93. The number of imidazole rings is 1. The number of imide groups is 1. The Labute approximate surface area is 192 Å². The van der Waals surface area contributed by atoms with Crippen LogP contribution in [0, 0.1) is 17.8 Å². The SMILES string of the molecule is Cn1cc(-c2ccc3c(c2)CN(C2CCC(=O)NC2=O)C3=O)nc1C12CC3CC(C1)C(C3)C2. The quantitative estimate of drug-likeness (QED) is 0.738. The molecule has 170 valence electrons. The molecule has 1 aromatic carbocycles. The topological polar surface area (TPSA) is 84.3 Å². The minimum absolute atomic E-state index is 0.134. The molecule has 8 rings (SSSR count). The number of aromatic nitrogens is 2. The van der Waals surface area contributed by atoms with Crippen LogP contribution >= 0.6 is 0 Å². The lowest BCUT2D eigenvalue weighted by molar-refractivity contribution is -0.136. The molecular weight excluding hydrogens is 416 g/mol. The van der Waals surface area contributed by atoms with Gasteiger partial charge in [-0.05, 0) is 74.0 Å². The number of nitrogens with one attached hydrogen (secondary N) is 1. The Morgan fingerprint density at radius 1 is 1.09 bits per heavy atom. The van der Waals surface area contributed by atoms with Gasteiger partial charge >= 0.3 is 0 Å². The number of aryl methyl sites for hydroxylation is 1. The van der Waals surface area contributed by atoms with Crippen LogP contribution in [0.2, 0.25) is 0 Å². The van der Waals surface area contributed by atoms with Crippen LogP contribution in [0.15, 0.2) is 24.4 Å². The van der Waals surface area contributed by atoms with Crippen molar-refractivity contribution in [3.05, 3.63) is 41.3 Å². The fraction of sp³-hybridized carbons (Fsp3) is 0.538. The molecule has 3 amide bonds. The molecule has 6 aliphatic rings. The number of carbonyl (C=O) groups is 3. The zero-order chi connectivity index (χ0) is 22.5. The van der Waals surface area contributed by atoms with Crippen LogP contribution in [0.4, 0.5) is 0 Å². The first-order valence-electron chi connectivity index (χ1n) is 12.2. The van der Waals surface area contributed by atoms with E-state index in [0.717, 1.165) is 34.6 Å². The Hall–Kier alpha value is -2.96. The first kappa shape index (κ1) is 19.5. The standard InChI is InChI=1S/C26H28N4O3/c1-29-13-20(27-25(29)26-9-14-6-16(10-26)17(7-14)11-26)15-2-3-19-18(8-15)12-30(24(19)33)21-4-5-22(31)28-23(21)32/h2-3,8,13-14,16-17,21H,4-7,9-12H2,1H3,(H,28,31,32). The Kier molecular flexibility index (Phi) is 3.87. The maximum Gasteiger partial charge on any atom is 0.255 e. The van der Waals surface area contributed by atoms with Gasteiger partial charge < -0.3 is 9.47 Å². The molecule has 0 radical (unpaired) electrons. The van der Waals surface area contributed by atoms with Gasteiger partial charge in [0, 0.05) is 42.8 Å². The van der Waals surface area contributed by atoms with Gasteiger partial charge in [-0.15, -0.1) is 0 Å². The number of hydrogen-bond acceptors (Lipinski definition) is 4. The summed E-state index contributed by atoms with van der Waals surface area (Å²) < 4.78 is 2.23. The molecule has 7 heteroatoms. The minimum Gasteiger partial charge on any atom is -0.337 e. The molecule has 2 aromatic rings. The summed E-state index contributed by atoms with van der Waals surface area (Å²) in [6, 6.07) is 5.32. The molecule has 1 N–H and O–H groups in total. The second-order valence-electron chi connectivity index (χ2n) is 11.1. The maximum absolute atomic E-state index is 13.0. The van der Waals surface area contributed by atoms with Crippen molar-refractivity contribution in [2.45, 2.75) is 62.9 Å². The summed E-state index contributed by atoms with van der Waals surface area (Å²) in [6.45, 7) is 0.392. The Bertz CT molecular complexity index is 1210. The smallest absolute Gasteiger partial charge is 0.255 e. The lowest BCUT2D eigenvalue weighted by Gasteiger charge is -2.37. The van der Waals surface area contributed by atoms with Crippen molar-refractivity contribution in [3.63, 3.8) is 0 Å². The highest BCUT2D eigenvalue weighted by Gasteiger charge is 2.58. The number of piperidine rings is 1.